The molecule has 6 heteroatoms. The van der Waals surface area contributed by atoms with E-state index in [1.807, 2.05) is 6.92 Å². The number of nitrogens with one attached hydrogen (secondary N) is 2. The van der Waals surface area contributed by atoms with Crippen molar-refractivity contribution in [3.63, 3.8) is 0 Å². The third kappa shape index (κ3) is 2.47. The first-order valence-corrected chi connectivity index (χ1v) is 4.84. The lowest BCUT2D eigenvalue weighted by atomic mass is 10.1. The first-order chi connectivity index (χ1) is 7.60. The maximum absolute atomic E-state index is 11.3. The van der Waals surface area contributed by atoms with Crippen LogP contribution in [0.1, 0.15) is 17.3 Å². The minimum atomic E-state index is -0.509. The highest BCUT2D eigenvalue weighted by Gasteiger charge is 2.16. The van der Waals surface area contributed by atoms with Gasteiger partial charge in [0.25, 0.3) is 11.6 Å². The predicted molar refractivity (Wildman–Crippen MR) is 60.7 cm³/mol. The van der Waals surface area contributed by atoms with Gasteiger partial charge in [-0.25, -0.2) is 0 Å². The Labute approximate surface area is 92.8 Å². The summed E-state index contributed by atoms with van der Waals surface area (Å²) in [5.74, 6) is -0.342. The summed E-state index contributed by atoms with van der Waals surface area (Å²) in [5.41, 5.74) is 0.596. The highest BCUT2D eigenvalue weighted by atomic mass is 16.6. The number of amides is 1. The molecule has 0 radical (unpaired) electrons. The number of hydrogen-bond acceptors (Lipinski definition) is 4. The molecule has 2 N–H and O–H groups in total. The molecule has 0 bridgehead atoms. The molecule has 1 aromatic rings. The van der Waals surface area contributed by atoms with Gasteiger partial charge in [0.05, 0.1) is 4.92 Å². The second-order valence-corrected chi connectivity index (χ2v) is 3.10. The summed E-state index contributed by atoms with van der Waals surface area (Å²) in [7, 11) is 1.48. The minimum Gasteiger partial charge on any atom is -0.380 e. The molecule has 0 fully saturated rings. The van der Waals surface area contributed by atoms with Crippen LogP contribution in [0.2, 0.25) is 0 Å². The number of carbonyl (C=O) groups excluding carboxylic acids is 1. The molecule has 86 valence electrons. The number of carbonyl (C=O) groups is 1. The van der Waals surface area contributed by atoms with Crippen LogP contribution in [0.25, 0.3) is 0 Å². The Balaban J connectivity index is 3.17. The topological polar surface area (TPSA) is 84.3 Å². The predicted octanol–water partition coefficient (Wildman–Crippen LogP) is 1.39. The van der Waals surface area contributed by atoms with Crippen molar-refractivity contribution in [1.82, 2.24) is 5.32 Å². The lowest BCUT2D eigenvalue weighted by Crippen LogP contribution is -2.18. The number of hydrogen-bond donors (Lipinski definition) is 2. The molecule has 0 spiro atoms. The number of benzene rings is 1. The van der Waals surface area contributed by atoms with E-state index in [0.29, 0.717) is 12.2 Å². The van der Waals surface area contributed by atoms with Crippen molar-refractivity contribution >= 4 is 17.3 Å². The molecule has 0 atom stereocenters. The maximum Gasteiger partial charge on any atom is 0.293 e. The SMILES string of the molecule is CCNc1ccc(C(=O)NC)cc1[N+](=O)[O-]. The number of anilines is 1. The molecular weight excluding hydrogens is 210 g/mol. The van der Waals surface area contributed by atoms with Gasteiger partial charge in [-0.2, -0.15) is 0 Å². The molecule has 0 aliphatic carbocycles. The molecule has 0 aromatic heterocycles. The zero-order valence-electron chi connectivity index (χ0n) is 9.11. The van der Waals surface area contributed by atoms with E-state index in [0.717, 1.165) is 0 Å². The first kappa shape index (κ1) is 12.0. The van der Waals surface area contributed by atoms with E-state index >= 15 is 0 Å². The van der Waals surface area contributed by atoms with Crippen LogP contribution >= 0.6 is 0 Å². The van der Waals surface area contributed by atoms with Crippen molar-refractivity contribution in [3.8, 4) is 0 Å². The maximum atomic E-state index is 11.3. The van der Waals surface area contributed by atoms with Crippen LogP contribution in [-0.2, 0) is 0 Å². The number of nitrogens with zero attached hydrogens (tertiary/aromatic N) is 1. The Bertz CT molecular complexity index is 418. The fourth-order valence-electron chi connectivity index (χ4n) is 1.31. The van der Waals surface area contributed by atoms with Gasteiger partial charge in [-0.05, 0) is 19.1 Å². The second-order valence-electron chi connectivity index (χ2n) is 3.10. The smallest absolute Gasteiger partial charge is 0.293 e. The lowest BCUT2D eigenvalue weighted by molar-refractivity contribution is -0.384. The zero-order valence-corrected chi connectivity index (χ0v) is 9.11. The fourth-order valence-corrected chi connectivity index (χ4v) is 1.31. The van der Waals surface area contributed by atoms with E-state index in [4.69, 9.17) is 0 Å². The van der Waals surface area contributed by atoms with Crippen LogP contribution in [0.3, 0.4) is 0 Å². The summed E-state index contributed by atoms with van der Waals surface area (Å²) in [6, 6.07) is 4.34. The highest BCUT2D eigenvalue weighted by molar-refractivity contribution is 5.95. The summed E-state index contributed by atoms with van der Waals surface area (Å²) in [6.45, 7) is 2.43. The van der Waals surface area contributed by atoms with E-state index in [1.54, 1.807) is 6.07 Å². The molecule has 0 saturated heterocycles. The number of nitro benzene ring substituents is 1. The van der Waals surface area contributed by atoms with Crippen molar-refractivity contribution in [2.24, 2.45) is 0 Å². The van der Waals surface area contributed by atoms with E-state index in [-0.39, 0.29) is 17.2 Å². The summed E-state index contributed by atoms with van der Waals surface area (Å²) in [4.78, 5) is 21.6. The largest absolute Gasteiger partial charge is 0.380 e. The van der Waals surface area contributed by atoms with Crippen LogP contribution < -0.4 is 10.6 Å². The quantitative estimate of drug-likeness (QED) is 0.596. The van der Waals surface area contributed by atoms with Gasteiger partial charge in [0.15, 0.2) is 0 Å². The Morgan fingerprint density at radius 1 is 1.50 bits per heavy atom. The van der Waals surface area contributed by atoms with Crippen LogP contribution in [0.4, 0.5) is 11.4 Å². The Hall–Kier alpha value is -2.11. The normalized spacial score (nSPS) is 9.62. The highest BCUT2D eigenvalue weighted by Crippen LogP contribution is 2.25. The molecule has 1 aromatic carbocycles. The van der Waals surface area contributed by atoms with Crippen LogP contribution in [0.15, 0.2) is 18.2 Å². The summed E-state index contributed by atoms with van der Waals surface area (Å²) < 4.78 is 0. The average Bonchev–Trinajstić information content (AvgIpc) is 2.28. The third-order valence-electron chi connectivity index (χ3n) is 2.05. The van der Waals surface area contributed by atoms with Gasteiger partial charge in [0.1, 0.15) is 5.69 Å². The molecule has 0 unspecified atom stereocenters. The standard InChI is InChI=1S/C10H13N3O3/c1-3-12-8-5-4-7(10(14)11-2)6-9(8)13(15)16/h4-6,12H,3H2,1-2H3,(H,11,14). The molecule has 0 saturated carbocycles. The molecular formula is C10H13N3O3. The molecule has 1 amide bonds. The zero-order chi connectivity index (χ0) is 12.1. The second kappa shape index (κ2) is 5.11. The van der Waals surface area contributed by atoms with E-state index in [9.17, 15) is 14.9 Å². The number of nitro groups is 1. The summed E-state index contributed by atoms with van der Waals surface area (Å²) >= 11 is 0. The van der Waals surface area contributed by atoms with Gasteiger partial charge in [0, 0.05) is 25.2 Å². The molecule has 0 aliphatic heterocycles. The Morgan fingerprint density at radius 3 is 2.69 bits per heavy atom. The van der Waals surface area contributed by atoms with Crippen LogP contribution in [-0.4, -0.2) is 24.4 Å². The molecule has 16 heavy (non-hydrogen) atoms. The van der Waals surface area contributed by atoms with Gasteiger partial charge < -0.3 is 10.6 Å². The third-order valence-corrected chi connectivity index (χ3v) is 2.05. The van der Waals surface area contributed by atoms with Crippen molar-refractivity contribution in [1.29, 1.82) is 0 Å². The lowest BCUT2D eigenvalue weighted by Gasteiger charge is -2.06. The van der Waals surface area contributed by atoms with Crippen molar-refractivity contribution in [3.05, 3.63) is 33.9 Å². The van der Waals surface area contributed by atoms with Crippen LogP contribution in [0.5, 0.6) is 0 Å². The van der Waals surface area contributed by atoms with E-state index in [2.05, 4.69) is 10.6 Å². The van der Waals surface area contributed by atoms with Gasteiger partial charge >= 0.3 is 0 Å². The van der Waals surface area contributed by atoms with Gasteiger partial charge in [0.2, 0.25) is 0 Å². The van der Waals surface area contributed by atoms with Gasteiger partial charge in [-0.3, -0.25) is 14.9 Å². The average molecular weight is 223 g/mol. The minimum absolute atomic E-state index is 0.0945. The first-order valence-electron chi connectivity index (χ1n) is 4.84. The van der Waals surface area contributed by atoms with E-state index < -0.39 is 4.92 Å². The monoisotopic (exact) mass is 223 g/mol. The van der Waals surface area contributed by atoms with E-state index in [1.165, 1.54) is 19.2 Å². The molecule has 6 nitrogen and oxygen atoms in total. The fraction of sp³-hybridized carbons (Fsp3) is 0.300. The number of rotatable bonds is 4. The summed E-state index contributed by atoms with van der Waals surface area (Å²) in [5, 5.41) is 16.1. The van der Waals surface area contributed by atoms with Gasteiger partial charge in [-0.1, -0.05) is 0 Å². The Morgan fingerprint density at radius 2 is 2.19 bits per heavy atom. The van der Waals surface area contributed by atoms with Gasteiger partial charge in [-0.15, -0.1) is 0 Å². The molecule has 1 rings (SSSR count). The summed E-state index contributed by atoms with van der Waals surface area (Å²) in [6.07, 6.45) is 0. The molecule has 0 aliphatic rings. The van der Waals surface area contributed by atoms with Crippen LogP contribution in [0, 0.1) is 10.1 Å². The molecule has 0 heterocycles. The van der Waals surface area contributed by atoms with Crippen molar-refractivity contribution in [2.45, 2.75) is 6.92 Å². The Kier molecular flexibility index (Phi) is 3.82. The van der Waals surface area contributed by atoms with Crippen molar-refractivity contribution in [2.75, 3.05) is 18.9 Å². The van der Waals surface area contributed by atoms with Crippen molar-refractivity contribution < 1.29 is 9.72 Å².